The summed E-state index contributed by atoms with van der Waals surface area (Å²) in [5.41, 5.74) is 2.27. The van der Waals surface area contributed by atoms with E-state index >= 15 is 0 Å². The fourth-order valence-corrected chi connectivity index (χ4v) is 4.08. The van der Waals surface area contributed by atoms with Gasteiger partial charge in [-0.1, -0.05) is 18.2 Å². The van der Waals surface area contributed by atoms with Crippen molar-refractivity contribution < 1.29 is 27.1 Å². The molecule has 5 nitrogen and oxygen atoms in total. The Morgan fingerprint density at radius 3 is 2.84 bits per heavy atom. The Morgan fingerprint density at radius 2 is 2.06 bits per heavy atom. The molecule has 0 bridgehead atoms. The minimum absolute atomic E-state index is 0.174. The highest BCUT2D eigenvalue weighted by molar-refractivity contribution is 5.83. The zero-order chi connectivity index (χ0) is 21.6. The Balaban J connectivity index is 1.26. The summed E-state index contributed by atoms with van der Waals surface area (Å²) >= 11 is 0. The Hall–Kier alpha value is -3.00. The molecule has 0 aliphatic carbocycles. The number of alkyl halides is 3. The average Bonchev–Trinajstić information content (AvgIpc) is 3.15. The van der Waals surface area contributed by atoms with Crippen molar-refractivity contribution in [2.45, 2.75) is 25.6 Å². The molecule has 3 aromatic rings. The van der Waals surface area contributed by atoms with E-state index in [1.54, 1.807) is 13.0 Å². The maximum atomic E-state index is 13.0. The molecule has 1 aromatic heterocycles. The largest absolute Gasteiger partial charge is 0.486 e. The van der Waals surface area contributed by atoms with E-state index in [4.69, 9.17) is 13.9 Å². The number of aryl methyl sites for hydroxylation is 1. The van der Waals surface area contributed by atoms with Gasteiger partial charge in [-0.15, -0.1) is 0 Å². The normalized spacial score (nSPS) is 19.5. The van der Waals surface area contributed by atoms with Crippen molar-refractivity contribution in [2.75, 3.05) is 26.2 Å². The first-order chi connectivity index (χ1) is 14.9. The molecule has 0 saturated carbocycles. The van der Waals surface area contributed by atoms with Gasteiger partial charge in [-0.25, -0.2) is 4.98 Å². The van der Waals surface area contributed by atoms with Gasteiger partial charge >= 0.3 is 6.18 Å². The maximum Gasteiger partial charge on any atom is 0.416 e. The smallest absolute Gasteiger partial charge is 0.416 e. The van der Waals surface area contributed by atoms with Crippen LogP contribution in [0.1, 0.15) is 23.4 Å². The fourth-order valence-electron chi connectivity index (χ4n) is 4.08. The lowest BCUT2D eigenvalue weighted by Gasteiger charge is -2.32. The van der Waals surface area contributed by atoms with Crippen LogP contribution in [0.25, 0.3) is 16.7 Å². The molecule has 0 fully saturated rings. The number of rotatable bonds is 3. The number of hydrogen-bond acceptors (Lipinski definition) is 5. The summed E-state index contributed by atoms with van der Waals surface area (Å²) in [6.45, 7) is 4.24. The first-order valence-corrected chi connectivity index (χ1v) is 10.2. The molecule has 3 heterocycles. The molecule has 31 heavy (non-hydrogen) atoms. The van der Waals surface area contributed by atoms with Gasteiger partial charge in [0.2, 0.25) is 11.3 Å². The molecule has 0 radical (unpaired) electrons. The highest BCUT2D eigenvalue weighted by Gasteiger charge is 2.31. The fraction of sp³-hybridized carbons (Fsp3) is 0.348. The summed E-state index contributed by atoms with van der Waals surface area (Å²) in [5.74, 6) is 1.79. The lowest BCUT2D eigenvalue weighted by atomic mass is 9.97. The van der Waals surface area contributed by atoms with E-state index < -0.39 is 11.7 Å². The van der Waals surface area contributed by atoms with Crippen molar-refractivity contribution in [3.63, 3.8) is 0 Å². The standard InChI is InChI=1S/C23H21F3N2O3/c1-14-27-19-5-6-20-22(21(19)30-14)31-18(13-29-20)12-28-9-7-15(8-10-28)16-3-2-4-17(11-16)23(24,25)26/h2-7,11,18H,8-10,12-13H2,1H3. The average molecular weight is 430 g/mol. The summed E-state index contributed by atoms with van der Waals surface area (Å²) < 4.78 is 56.7. The number of nitrogens with zero attached hydrogens (tertiary/aromatic N) is 2. The number of ether oxygens (including phenoxy) is 2. The third-order valence-electron chi connectivity index (χ3n) is 5.61. The van der Waals surface area contributed by atoms with E-state index in [1.807, 2.05) is 18.2 Å². The Labute approximate surface area is 177 Å². The van der Waals surface area contributed by atoms with Crippen molar-refractivity contribution in [1.29, 1.82) is 0 Å². The lowest BCUT2D eigenvalue weighted by molar-refractivity contribution is -0.137. The lowest BCUT2D eigenvalue weighted by Crippen LogP contribution is -2.42. The quantitative estimate of drug-likeness (QED) is 0.580. The van der Waals surface area contributed by atoms with E-state index in [2.05, 4.69) is 9.88 Å². The summed E-state index contributed by atoms with van der Waals surface area (Å²) in [7, 11) is 0. The molecule has 1 unspecified atom stereocenters. The van der Waals surface area contributed by atoms with Gasteiger partial charge in [0.1, 0.15) is 18.2 Å². The van der Waals surface area contributed by atoms with E-state index in [-0.39, 0.29) is 6.10 Å². The van der Waals surface area contributed by atoms with Crippen LogP contribution in [0.4, 0.5) is 13.2 Å². The molecule has 1 atom stereocenters. The predicted octanol–water partition coefficient (Wildman–Crippen LogP) is 5.08. The van der Waals surface area contributed by atoms with Gasteiger partial charge in [0.05, 0.1) is 5.56 Å². The summed E-state index contributed by atoms with van der Waals surface area (Å²) in [6.07, 6.45) is -1.84. The Bertz CT molecular complexity index is 1150. The van der Waals surface area contributed by atoms with Crippen LogP contribution in [-0.4, -0.2) is 42.2 Å². The van der Waals surface area contributed by atoms with Crippen LogP contribution in [0, 0.1) is 6.92 Å². The number of aromatic nitrogens is 1. The van der Waals surface area contributed by atoms with Gasteiger partial charge in [-0.2, -0.15) is 13.2 Å². The molecule has 2 aliphatic rings. The van der Waals surface area contributed by atoms with Crippen LogP contribution in [0.3, 0.4) is 0 Å². The Morgan fingerprint density at radius 1 is 1.19 bits per heavy atom. The molecular weight excluding hydrogens is 409 g/mol. The predicted molar refractivity (Wildman–Crippen MR) is 109 cm³/mol. The number of fused-ring (bicyclic) bond motifs is 3. The molecule has 2 aliphatic heterocycles. The summed E-state index contributed by atoms with van der Waals surface area (Å²) in [6, 6.07) is 9.20. The van der Waals surface area contributed by atoms with Crippen molar-refractivity contribution in [2.24, 2.45) is 0 Å². The third kappa shape index (κ3) is 3.99. The SMILES string of the molecule is Cc1nc2ccc3c(c2o1)OC(CN1CC=C(c2cccc(C(F)(F)F)c2)CC1)CO3. The highest BCUT2D eigenvalue weighted by atomic mass is 19.4. The van der Waals surface area contributed by atoms with Crippen LogP contribution in [0.5, 0.6) is 11.5 Å². The minimum Gasteiger partial charge on any atom is -0.486 e. The number of halogens is 3. The molecule has 0 amide bonds. The second kappa shape index (κ2) is 7.60. The van der Waals surface area contributed by atoms with Gasteiger partial charge in [0.15, 0.2) is 11.6 Å². The van der Waals surface area contributed by atoms with E-state index in [0.29, 0.717) is 54.7 Å². The molecule has 0 spiro atoms. The van der Waals surface area contributed by atoms with Gasteiger partial charge in [0, 0.05) is 26.6 Å². The first kappa shape index (κ1) is 19.9. The van der Waals surface area contributed by atoms with Crippen LogP contribution >= 0.6 is 0 Å². The second-order valence-electron chi connectivity index (χ2n) is 7.84. The molecule has 5 rings (SSSR count). The van der Waals surface area contributed by atoms with E-state index in [0.717, 1.165) is 23.7 Å². The minimum atomic E-state index is -4.33. The summed E-state index contributed by atoms with van der Waals surface area (Å²) in [4.78, 5) is 6.54. The second-order valence-corrected chi connectivity index (χ2v) is 7.84. The topological polar surface area (TPSA) is 47.7 Å². The molecule has 0 N–H and O–H groups in total. The van der Waals surface area contributed by atoms with Crippen LogP contribution in [-0.2, 0) is 6.18 Å². The van der Waals surface area contributed by atoms with Crippen LogP contribution in [0.15, 0.2) is 46.9 Å². The molecule has 2 aromatic carbocycles. The zero-order valence-electron chi connectivity index (χ0n) is 16.9. The van der Waals surface area contributed by atoms with Crippen molar-refractivity contribution in [3.8, 4) is 11.5 Å². The van der Waals surface area contributed by atoms with Crippen molar-refractivity contribution >= 4 is 16.7 Å². The Kier molecular flexibility index (Phi) is 4.89. The van der Waals surface area contributed by atoms with E-state index in [1.165, 1.54) is 12.1 Å². The van der Waals surface area contributed by atoms with Crippen molar-refractivity contribution in [3.05, 3.63) is 59.5 Å². The van der Waals surface area contributed by atoms with Crippen LogP contribution in [0.2, 0.25) is 0 Å². The zero-order valence-corrected chi connectivity index (χ0v) is 16.9. The maximum absolute atomic E-state index is 13.0. The monoisotopic (exact) mass is 430 g/mol. The van der Waals surface area contributed by atoms with Crippen LogP contribution < -0.4 is 9.47 Å². The molecule has 162 valence electrons. The van der Waals surface area contributed by atoms with E-state index in [9.17, 15) is 13.2 Å². The highest BCUT2D eigenvalue weighted by Crippen LogP contribution is 2.39. The van der Waals surface area contributed by atoms with Gasteiger partial charge in [-0.05, 0) is 41.8 Å². The molecular formula is C23H21F3N2O3. The number of hydrogen-bond donors (Lipinski definition) is 0. The van der Waals surface area contributed by atoms with Crippen molar-refractivity contribution in [1.82, 2.24) is 9.88 Å². The molecule has 8 heteroatoms. The number of benzene rings is 2. The van der Waals surface area contributed by atoms with Gasteiger partial charge in [0.25, 0.3) is 0 Å². The first-order valence-electron chi connectivity index (χ1n) is 10.2. The van der Waals surface area contributed by atoms with Gasteiger partial charge in [-0.3, -0.25) is 4.90 Å². The third-order valence-corrected chi connectivity index (χ3v) is 5.61. The summed E-state index contributed by atoms with van der Waals surface area (Å²) in [5, 5.41) is 0. The number of oxazole rings is 1. The van der Waals surface area contributed by atoms with Gasteiger partial charge < -0.3 is 13.9 Å². The molecule has 0 saturated heterocycles.